The van der Waals surface area contributed by atoms with Crippen LogP contribution in [0.3, 0.4) is 0 Å². The van der Waals surface area contributed by atoms with Gasteiger partial charge in [0.15, 0.2) is 0 Å². The molecule has 3 nitrogen and oxygen atoms in total. The average Bonchev–Trinajstić information content (AvgIpc) is 2.89. The number of hydrogen-bond acceptors (Lipinski definition) is 2. The summed E-state index contributed by atoms with van der Waals surface area (Å²) in [6, 6.07) is 5.34. The lowest BCUT2D eigenvalue weighted by Crippen LogP contribution is -2.25. The molecule has 0 fully saturated rings. The van der Waals surface area contributed by atoms with Crippen LogP contribution >= 0.6 is 15.9 Å². The van der Waals surface area contributed by atoms with Gasteiger partial charge in [-0.15, -0.1) is 0 Å². The Balaban J connectivity index is 2.26. The number of hydrogen-bond donors (Lipinski definition) is 1. The van der Waals surface area contributed by atoms with Gasteiger partial charge in [0.05, 0.1) is 4.47 Å². The molecule has 0 saturated heterocycles. The quantitative estimate of drug-likeness (QED) is 0.812. The van der Waals surface area contributed by atoms with Gasteiger partial charge in [-0.05, 0) is 35.0 Å². The maximum atomic E-state index is 14.3. The minimum Gasteiger partial charge on any atom is -0.335 e. The first-order valence-corrected chi connectivity index (χ1v) is 8.14. The van der Waals surface area contributed by atoms with Crippen LogP contribution in [-0.2, 0) is 13.0 Å². The number of nitrogens with one attached hydrogen (secondary N) is 1. The molecule has 114 valence electrons. The lowest BCUT2D eigenvalue weighted by molar-refractivity contribution is 0.487. The molecule has 0 saturated carbocycles. The van der Waals surface area contributed by atoms with E-state index in [9.17, 15) is 4.39 Å². The zero-order valence-corrected chi connectivity index (χ0v) is 14.0. The van der Waals surface area contributed by atoms with Crippen LogP contribution in [-0.4, -0.2) is 16.1 Å². The smallest absolute Gasteiger partial charge is 0.142 e. The molecule has 0 aliphatic carbocycles. The monoisotopic (exact) mass is 353 g/mol. The fourth-order valence-electron chi connectivity index (χ4n) is 2.49. The van der Waals surface area contributed by atoms with Crippen molar-refractivity contribution in [2.24, 2.45) is 0 Å². The lowest BCUT2D eigenvalue weighted by atomic mass is 10.0. The predicted octanol–water partition coefficient (Wildman–Crippen LogP) is 4.09. The van der Waals surface area contributed by atoms with Crippen molar-refractivity contribution in [2.75, 3.05) is 6.54 Å². The lowest BCUT2D eigenvalue weighted by Gasteiger charge is -2.20. The summed E-state index contributed by atoms with van der Waals surface area (Å²) in [5, 5.41) is 3.36. The molecule has 0 aliphatic rings. The molecule has 1 heterocycles. The van der Waals surface area contributed by atoms with Crippen LogP contribution in [0.5, 0.6) is 0 Å². The number of nitrogens with zero attached hydrogens (tertiary/aromatic N) is 2. The summed E-state index contributed by atoms with van der Waals surface area (Å²) >= 11 is 3.26. The van der Waals surface area contributed by atoms with Gasteiger partial charge in [-0.25, -0.2) is 9.37 Å². The van der Waals surface area contributed by atoms with Crippen molar-refractivity contribution >= 4 is 15.9 Å². The summed E-state index contributed by atoms with van der Waals surface area (Å²) in [5.41, 5.74) is 0.678. The van der Waals surface area contributed by atoms with Gasteiger partial charge in [-0.2, -0.15) is 0 Å². The normalized spacial score (nSPS) is 12.6. The molecule has 0 bridgehead atoms. The van der Waals surface area contributed by atoms with Gasteiger partial charge in [0.1, 0.15) is 11.6 Å². The van der Waals surface area contributed by atoms with E-state index in [-0.39, 0.29) is 11.9 Å². The van der Waals surface area contributed by atoms with Gasteiger partial charge < -0.3 is 9.88 Å². The van der Waals surface area contributed by atoms with Gasteiger partial charge in [0, 0.05) is 37.0 Å². The van der Waals surface area contributed by atoms with Crippen molar-refractivity contribution in [2.45, 2.75) is 39.3 Å². The molecular formula is C16H21BrFN3. The van der Waals surface area contributed by atoms with Crippen LogP contribution in [0.4, 0.5) is 4.39 Å². The van der Waals surface area contributed by atoms with Gasteiger partial charge in [-0.3, -0.25) is 0 Å². The van der Waals surface area contributed by atoms with Gasteiger partial charge >= 0.3 is 0 Å². The molecule has 0 spiro atoms. The molecule has 1 aromatic carbocycles. The Labute approximate surface area is 133 Å². The molecule has 1 unspecified atom stereocenters. The summed E-state index contributed by atoms with van der Waals surface area (Å²) in [4.78, 5) is 4.42. The van der Waals surface area contributed by atoms with Gasteiger partial charge in [0.2, 0.25) is 0 Å². The maximum Gasteiger partial charge on any atom is 0.142 e. The van der Waals surface area contributed by atoms with Crippen LogP contribution in [0.1, 0.15) is 37.7 Å². The van der Waals surface area contributed by atoms with E-state index in [4.69, 9.17) is 0 Å². The number of rotatable bonds is 7. The molecule has 1 aromatic heterocycles. The summed E-state index contributed by atoms with van der Waals surface area (Å²) in [6.07, 6.45) is 5.53. The van der Waals surface area contributed by atoms with E-state index in [1.54, 1.807) is 6.07 Å². The number of aromatic nitrogens is 2. The van der Waals surface area contributed by atoms with Crippen molar-refractivity contribution in [3.8, 4) is 0 Å². The molecule has 1 N–H and O–H groups in total. The summed E-state index contributed by atoms with van der Waals surface area (Å²) in [7, 11) is 0. The van der Waals surface area contributed by atoms with Crippen molar-refractivity contribution < 1.29 is 4.39 Å². The summed E-state index contributed by atoms with van der Waals surface area (Å²) in [6.45, 7) is 5.89. The molecule has 2 rings (SSSR count). The molecule has 0 amide bonds. The topological polar surface area (TPSA) is 29.9 Å². The third-order valence-corrected chi connectivity index (χ3v) is 4.07. The van der Waals surface area contributed by atoms with E-state index < -0.39 is 0 Å². The van der Waals surface area contributed by atoms with E-state index in [0.29, 0.717) is 16.5 Å². The first kappa shape index (κ1) is 16.2. The fraction of sp³-hybridized carbons (Fsp3) is 0.438. The highest BCUT2D eigenvalue weighted by atomic mass is 79.9. The second-order valence-electron chi connectivity index (χ2n) is 4.99. The van der Waals surface area contributed by atoms with Gasteiger partial charge in [-0.1, -0.05) is 26.0 Å². The molecule has 0 aliphatic heterocycles. The molecule has 21 heavy (non-hydrogen) atoms. The first-order valence-electron chi connectivity index (χ1n) is 7.34. The number of likely N-dealkylation sites (N-methyl/N-ethyl adjacent to an activating group) is 1. The van der Waals surface area contributed by atoms with E-state index in [2.05, 4.69) is 37.7 Å². The second kappa shape index (κ2) is 7.71. The van der Waals surface area contributed by atoms with E-state index in [0.717, 1.165) is 25.3 Å². The van der Waals surface area contributed by atoms with E-state index in [1.165, 1.54) is 0 Å². The molecular weight excluding hydrogens is 333 g/mol. The van der Waals surface area contributed by atoms with Crippen molar-refractivity contribution in [1.82, 2.24) is 14.9 Å². The SMILES string of the molecule is CCCn1ccnc1CC(NCC)c1cccc(Br)c1F. The van der Waals surface area contributed by atoms with Crippen LogP contribution < -0.4 is 5.32 Å². The fourth-order valence-corrected chi connectivity index (χ4v) is 2.87. The zero-order chi connectivity index (χ0) is 15.2. The summed E-state index contributed by atoms with van der Waals surface area (Å²) < 4.78 is 17.0. The van der Waals surface area contributed by atoms with Crippen LogP contribution in [0.15, 0.2) is 35.1 Å². The molecule has 2 aromatic rings. The van der Waals surface area contributed by atoms with Crippen molar-refractivity contribution in [3.63, 3.8) is 0 Å². The van der Waals surface area contributed by atoms with E-state index in [1.807, 2.05) is 31.5 Å². The third-order valence-electron chi connectivity index (χ3n) is 3.46. The number of aryl methyl sites for hydroxylation is 1. The van der Waals surface area contributed by atoms with Crippen LogP contribution in [0.2, 0.25) is 0 Å². The second-order valence-corrected chi connectivity index (χ2v) is 5.85. The van der Waals surface area contributed by atoms with Gasteiger partial charge in [0.25, 0.3) is 0 Å². The highest BCUT2D eigenvalue weighted by Gasteiger charge is 2.19. The Morgan fingerprint density at radius 1 is 1.38 bits per heavy atom. The predicted molar refractivity (Wildman–Crippen MR) is 86.7 cm³/mol. The Bertz CT molecular complexity index is 583. The highest BCUT2D eigenvalue weighted by molar-refractivity contribution is 9.10. The van der Waals surface area contributed by atoms with Crippen LogP contribution in [0, 0.1) is 5.82 Å². The number of benzene rings is 1. The minimum absolute atomic E-state index is 0.0782. The largest absolute Gasteiger partial charge is 0.335 e. The Hall–Kier alpha value is -1.20. The Morgan fingerprint density at radius 3 is 2.90 bits per heavy atom. The van der Waals surface area contributed by atoms with Crippen LogP contribution in [0.25, 0.3) is 0 Å². The van der Waals surface area contributed by atoms with E-state index >= 15 is 0 Å². The van der Waals surface area contributed by atoms with Crippen molar-refractivity contribution in [1.29, 1.82) is 0 Å². The highest BCUT2D eigenvalue weighted by Crippen LogP contribution is 2.26. The molecule has 1 atom stereocenters. The third kappa shape index (κ3) is 3.92. The Kier molecular flexibility index (Phi) is 5.94. The number of halogens is 2. The standard InChI is InChI=1S/C16H21BrFN3/c1-3-9-21-10-8-20-15(21)11-14(19-4-2)12-6-5-7-13(17)16(12)18/h5-8,10,14,19H,3-4,9,11H2,1-2H3. The zero-order valence-electron chi connectivity index (χ0n) is 12.4. The molecule has 0 radical (unpaired) electrons. The Morgan fingerprint density at radius 2 is 2.19 bits per heavy atom. The average molecular weight is 354 g/mol. The number of imidazole rings is 1. The molecule has 5 heteroatoms. The first-order chi connectivity index (χ1) is 10.2. The minimum atomic E-state index is -0.197. The maximum absolute atomic E-state index is 14.3. The van der Waals surface area contributed by atoms with Crippen molar-refractivity contribution in [3.05, 3.63) is 52.3 Å². The summed E-state index contributed by atoms with van der Waals surface area (Å²) in [5.74, 6) is 0.791.